The van der Waals surface area contributed by atoms with Crippen LogP contribution in [0.3, 0.4) is 0 Å². The van der Waals surface area contributed by atoms with Crippen LogP contribution in [-0.4, -0.2) is 30.1 Å². The van der Waals surface area contributed by atoms with Crippen molar-refractivity contribution in [2.75, 3.05) is 13.3 Å². The number of rotatable bonds is 4. The second-order valence-corrected chi connectivity index (χ2v) is 7.63. The fraction of sp³-hybridized carbons (Fsp3) is 0.364. The summed E-state index contributed by atoms with van der Waals surface area (Å²) in [6, 6.07) is 13.9. The smallest absolute Gasteiger partial charge is 0.231 e. The Morgan fingerprint density at radius 1 is 1.04 bits per heavy atom. The molecule has 1 aliphatic carbocycles. The average Bonchev–Trinajstić information content (AvgIpc) is 3.40. The molecular weight excluding hydrogens is 356 g/mol. The predicted molar refractivity (Wildman–Crippen MR) is 102 cm³/mol. The predicted octanol–water partition coefficient (Wildman–Crippen LogP) is 2.25. The Hall–Kier alpha value is -3.02. The zero-order valence-electron chi connectivity index (χ0n) is 15.5. The Labute approximate surface area is 163 Å². The van der Waals surface area contributed by atoms with Gasteiger partial charge in [0.1, 0.15) is 0 Å². The third-order valence-electron chi connectivity index (χ3n) is 5.79. The number of nitrogens with one attached hydrogen (secondary N) is 1. The van der Waals surface area contributed by atoms with E-state index in [1.807, 2.05) is 35.2 Å². The number of ether oxygens (including phenoxy) is 2. The van der Waals surface area contributed by atoms with E-state index in [1.54, 1.807) is 0 Å². The van der Waals surface area contributed by atoms with Crippen molar-refractivity contribution in [2.24, 2.45) is 11.8 Å². The van der Waals surface area contributed by atoms with E-state index in [9.17, 15) is 9.59 Å². The first-order valence-corrected chi connectivity index (χ1v) is 9.71. The minimum atomic E-state index is -0.210. The third kappa shape index (κ3) is 3.19. The molecule has 3 aliphatic rings. The van der Waals surface area contributed by atoms with Crippen LogP contribution in [0.2, 0.25) is 0 Å². The standard InChI is InChI=1S/C22H22N2O4/c25-21(23-11-14-5-6-19-20(9-14)28-13-27-19)17-10-18(17)22(26)24-8-7-15-3-1-2-4-16(15)12-24/h1-6,9,17-18H,7-8,10-13H2,(H,23,25). The zero-order valence-corrected chi connectivity index (χ0v) is 15.5. The van der Waals surface area contributed by atoms with E-state index in [-0.39, 0.29) is 30.4 Å². The van der Waals surface area contributed by atoms with Gasteiger partial charge in [0.25, 0.3) is 0 Å². The Balaban J connectivity index is 1.15. The third-order valence-corrected chi connectivity index (χ3v) is 5.79. The minimum Gasteiger partial charge on any atom is -0.454 e. The van der Waals surface area contributed by atoms with E-state index < -0.39 is 0 Å². The van der Waals surface area contributed by atoms with Crippen LogP contribution in [0.4, 0.5) is 0 Å². The topological polar surface area (TPSA) is 67.9 Å². The van der Waals surface area contributed by atoms with Crippen LogP contribution in [0.5, 0.6) is 11.5 Å². The largest absolute Gasteiger partial charge is 0.454 e. The number of carbonyl (C=O) groups is 2. The quantitative estimate of drug-likeness (QED) is 0.886. The summed E-state index contributed by atoms with van der Waals surface area (Å²) in [7, 11) is 0. The lowest BCUT2D eigenvalue weighted by Crippen LogP contribution is -2.38. The van der Waals surface area contributed by atoms with E-state index in [0.717, 1.165) is 24.3 Å². The Bertz CT molecular complexity index is 942. The van der Waals surface area contributed by atoms with Crippen LogP contribution in [0.15, 0.2) is 42.5 Å². The maximum absolute atomic E-state index is 12.8. The summed E-state index contributed by atoms with van der Waals surface area (Å²) in [6.45, 7) is 2.04. The number of carbonyl (C=O) groups excluding carboxylic acids is 2. The van der Waals surface area contributed by atoms with Gasteiger partial charge in [-0.1, -0.05) is 30.3 Å². The van der Waals surface area contributed by atoms with Crippen molar-refractivity contribution in [2.45, 2.75) is 25.9 Å². The molecule has 1 saturated carbocycles. The number of fused-ring (bicyclic) bond motifs is 2. The summed E-state index contributed by atoms with van der Waals surface area (Å²) >= 11 is 0. The number of amides is 2. The van der Waals surface area contributed by atoms with Gasteiger partial charge in [0.2, 0.25) is 18.6 Å². The van der Waals surface area contributed by atoms with Gasteiger partial charge in [0.05, 0.1) is 11.8 Å². The molecule has 2 unspecified atom stereocenters. The maximum Gasteiger partial charge on any atom is 0.231 e. The van der Waals surface area contributed by atoms with E-state index >= 15 is 0 Å². The fourth-order valence-electron chi connectivity index (χ4n) is 4.05. The van der Waals surface area contributed by atoms with Crippen molar-refractivity contribution >= 4 is 11.8 Å². The van der Waals surface area contributed by atoms with Gasteiger partial charge < -0.3 is 19.7 Å². The Kier molecular flexibility index (Phi) is 4.19. The molecule has 2 heterocycles. The lowest BCUT2D eigenvalue weighted by Gasteiger charge is -2.29. The average molecular weight is 378 g/mol. The molecule has 2 aromatic carbocycles. The minimum absolute atomic E-state index is 0.0478. The van der Waals surface area contributed by atoms with Crippen LogP contribution in [0, 0.1) is 11.8 Å². The summed E-state index contributed by atoms with van der Waals surface area (Å²) in [5.74, 6) is 1.11. The molecule has 6 heteroatoms. The highest BCUT2D eigenvalue weighted by molar-refractivity contribution is 5.92. The van der Waals surface area contributed by atoms with Gasteiger partial charge in [-0.05, 0) is 41.7 Å². The maximum atomic E-state index is 12.8. The molecule has 28 heavy (non-hydrogen) atoms. The number of benzene rings is 2. The molecule has 6 nitrogen and oxygen atoms in total. The number of nitrogens with zero attached hydrogens (tertiary/aromatic N) is 1. The molecule has 144 valence electrons. The highest BCUT2D eigenvalue weighted by Crippen LogP contribution is 2.41. The van der Waals surface area contributed by atoms with Crippen LogP contribution in [0.25, 0.3) is 0 Å². The molecular formula is C22H22N2O4. The molecule has 0 aromatic heterocycles. The lowest BCUT2D eigenvalue weighted by atomic mass is 9.99. The normalized spacial score (nSPS) is 21.8. The monoisotopic (exact) mass is 378 g/mol. The van der Waals surface area contributed by atoms with Gasteiger partial charge >= 0.3 is 0 Å². The molecule has 2 amide bonds. The molecule has 0 saturated heterocycles. The molecule has 0 radical (unpaired) electrons. The van der Waals surface area contributed by atoms with Crippen LogP contribution >= 0.6 is 0 Å². The lowest BCUT2D eigenvalue weighted by molar-refractivity contribution is -0.135. The summed E-state index contributed by atoms with van der Waals surface area (Å²) in [6.07, 6.45) is 1.53. The van der Waals surface area contributed by atoms with Crippen LogP contribution < -0.4 is 14.8 Å². The SMILES string of the molecule is O=C(NCc1ccc2c(c1)OCO2)C1CC1C(=O)N1CCc2ccccc2C1. The fourth-order valence-corrected chi connectivity index (χ4v) is 4.05. The Morgan fingerprint density at radius 2 is 1.86 bits per heavy atom. The van der Waals surface area contributed by atoms with E-state index in [4.69, 9.17) is 9.47 Å². The summed E-state index contributed by atoms with van der Waals surface area (Å²) in [4.78, 5) is 27.2. The molecule has 1 N–H and O–H groups in total. The first kappa shape index (κ1) is 17.1. The van der Waals surface area contributed by atoms with Crippen molar-refractivity contribution in [3.05, 3.63) is 59.2 Å². The van der Waals surface area contributed by atoms with Crippen molar-refractivity contribution < 1.29 is 19.1 Å². The molecule has 1 fully saturated rings. The first-order valence-electron chi connectivity index (χ1n) is 9.71. The van der Waals surface area contributed by atoms with E-state index in [2.05, 4.69) is 17.4 Å². The molecule has 0 bridgehead atoms. The van der Waals surface area contributed by atoms with Crippen LogP contribution in [0.1, 0.15) is 23.1 Å². The first-order chi connectivity index (χ1) is 13.7. The summed E-state index contributed by atoms with van der Waals surface area (Å²) < 4.78 is 10.7. The molecule has 0 spiro atoms. The second-order valence-electron chi connectivity index (χ2n) is 7.63. The van der Waals surface area contributed by atoms with Crippen LogP contribution in [-0.2, 0) is 29.1 Å². The molecule has 5 rings (SSSR count). The number of hydrogen-bond acceptors (Lipinski definition) is 4. The number of hydrogen-bond donors (Lipinski definition) is 1. The second kappa shape index (κ2) is 6.86. The van der Waals surface area contributed by atoms with Crippen molar-refractivity contribution in [3.8, 4) is 11.5 Å². The van der Waals surface area contributed by atoms with Crippen molar-refractivity contribution in [1.29, 1.82) is 0 Å². The highest BCUT2D eigenvalue weighted by atomic mass is 16.7. The van der Waals surface area contributed by atoms with Gasteiger partial charge in [-0.3, -0.25) is 9.59 Å². The van der Waals surface area contributed by atoms with E-state index in [0.29, 0.717) is 25.3 Å². The molecule has 2 aliphatic heterocycles. The van der Waals surface area contributed by atoms with Gasteiger partial charge in [-0.25, -0.2) is 0 Å². The van der Waals surface area contributed by atoms with Gasteiger partial charge in [-0.2, -0.15) is 0 Å². The molecule has 2 atom stereocenters. The summed E-state index contributed by atoms with van der Waals surface area (Å²) in [5.41, 5.74) is 3.49. The highest BCUT2D eigenvalue weighted by Gasteiger charge is 2.49. The summed E-state index contributed by atoms with van der Waals surface area (Å²) in [5, 5.41) is 2.95. The van der Waals surface area contributed by atoms with Gasteiger partial charge in [-0.15, -0.1) is 0 Å². The zero-order chi connectivity index (χ0) is 19.1. The molecule has 2 aromatic rings. The van der Waals surface area contributed by atoms with Gasteiger partial charge in [0, 0.05) is 19.6 Å². The van der Waals surface area contributed by atoms with E-state index in [1.165, 1.54) is 11.1 Å². The van der Waals surface area contributed by atoms with Gasteiger partial charge in [0.15, 0.2) is 11.5 Å². The van der Waals surface area contributed by atoms with Crippen molar-refractivity contribution in [3.63, 3.8) is 0 Å². The van der Waals surface area contributed by atoms with Crippen molar-refractivity contribution in [1.82, 2.24) is 10.2 Å². The Morgan fingerprint density at radius 3 is 2.75 bits per heavy atom.